The number of ether oxygens (including phenoxy) is 10. The van der Waals surface area contributed by atoms with Gasteiger partial charge in [-0.15, -0.1) is 0 Å². The molecule has 0 heterocycles. The van der Waals surface area contributed by atoms with Crippen LogP contribution in [0.15, 0.2) is 18.2 Å². The fourth-order valence-corrected chi connectivity index (χ4v) is 3.73. The van der Waals surface area contributed by atoms with Gasteiger partial charge in [-0.2, -0.15) is 0 Å². The van der Waals surface area contributed by atoms with Crippen LogP contribution >= 0.6 is 0 Å². The number of unbranched alkanes of at least 4 members (excludes halogenated alkanes) is 2. The first-order chi connectivity index (χ1) is 23.6. The molecule has 0 unspecified atom stereocenters. The molecule has 0 saturated heterocycles. The number of nitrogens with zero attached hydrogens (tertiary/aromatic N) is 2. The number of nitrogens with one attached hydrogen (secondary N) is 1. The number of anilines is 1. The van der Waals surface area contributed by atoms with Gasteiger partial charge >= 0.3 is 0 Å². The highest BCUT2D eigenvalue weighted by Gasteiger charge is 2.19. The van der Waals surface area contributed by atoms with Crippen LogP contribution in [-0.2, 0) is 47.4 Å². The maximum atomic E-state index is 11.1. The van der Waals surface area contributed by atoms with Crippen LogP contribution < -0.4 is 5.32 Å². The molecule has 48 heavy (non-hydrogen) atoms. The van der Waals surface area contributed by atoms with Crippen LogP contribution in [0.2, 0.25) is 0 Å². The van der Waals surface area contributed by atoms with E-state index in [1.165, 1.54) is 25.0 Å². The Kier molecular flexibility index (Phi) is 29.8. The SMILES string of the molecule is CCCCCOCCOCCOCCOCCOCCOCCOCCOCCOCCOCCNc1ccc([N+](=O)[O-])cc1[N+](=O)[O-]. The molecule has 0 aliphatic carbocycles. The van der Waals surface area contributed by atoms with Crippen LogP contribution in [0.5, 0.6) is 0 Å². The number of benzene rings is 1. The molecule has 1 aromatic carbocycles. The van der Waals surface area contributed by atoms with Gasteiger partial charge in [0.1, 0.15) is 5.69 Å². The summed E-state index contributed by atoms with van der Waals surface area (Å²) in [7, 11) is 0. The third-order valence-corrected chi connectivity index (χ3v) is 6.19. The van der Waals surface area contributed by atoms with Gasteiger partial charge in [-0.25, -0.2) is 0 Å². The van der Waals surface area contributed by atoms with E-state index in [9.17, 15) is 20.2 Å². The van der Waals surface area contributed by atoms with Gasteiger partial charge in [-0.05, 0) is 12.5 Å². The van der Waals surface area contributed by atoms with Crippen molar-refractivity contribution in [2.45, 2.75) is 26.2 Å². The lowest BCUT2D eigenvalue weighted by atomic mass is 10.2. The molecule has 0 radical (unpaired) electrons. The Morgan fingerprint density at radius 2 is 0.854 bits per heavy atom. The van der Waals surface area contributed by atoms with Gasteiger partial charge in [0.15, 0.2) is 0 Å². The Balaban J connectivity index is 1.73. The molecule has 0 aromatic heterocycles. The van der Waals surface area contributed by atoms with Crippen LogP contribution in [0.25, 0.3) is 0 Å². The Morgan fingerprint density at radius 3 is 1.19 bits per heavy atom. The van der Waals surface area contributed by atoms with E-state index in [0.717, 1.165) is 19.1 Å². The van der Waals surface area contributed by atoms with Crippen molar-refractivity contribution >= 4 is 17.1 Å². The molecule has 0 amide bonds. The second-order valence-electron chi connectivity index (χ2n) is 9.97. The highest BCUT2D eigenvalue weighted by molar-refractivity contribution is 5.65. The van der Waals surface area contributed by atoms with Crippen LogP contribution in [0, 0.1) is 20.2 Å². The number of rotatable bonds is 37. The summed E-state index contributed by atoms with van der Waals surface area (Å²) in [5, 5.41) is 24.8. The topological polar surface area (TPSA) is 191 Å². The first kappa shape index (κ1) is 43.4. The molecule has 1 N–H and O–H groups in total. The lowest BCUT2D eigenvalue weighted by Gasteiger charge is -2.09. The Bertz CT molecular complexity index is 915. The summed E-state index contributed by atoms with van der Waals surface area (Å²) in [4.78, 5) is 20.6. The van der Waals surface area contributed by atoms with Gasteiger partial charge < -0.3 is 52.7 Å². The molecule has 0 aliphatic rings. The van der Waals surface area contributed by atoms with Crippen molar-refractivity contribution in [3.8, 4) is 0 Å². The highest BCUT2D eigenvalue weighted by atomic mass is 16.6. The predicted molar refractivity (Wildman–Crippen MR) is 176 cm³/mol. The number of hydrogen-bond donors (Lipinski definition) is 1. The smallest absolute Gasteiger partial charge is 0.299 e. The normalized spacial score (nSPS) is 11.3. The standard InChI is InChI=1S/C31H55N3O14/c1-2-3-4-8-39-10-12-41-14-16-43-18-20-45-22-24-47-26-27-48-25-23-46-21-19-44-17-15-42-13-11-40-9-7-32-30-6-5-29(33(35)36)28-31(30)34(37)38/h5-6,28,32H,2-4,7-27H2,1H3. The molecule has 1 rings (SSSR count). The molecular weight excluding hydrogens is 638 g/mol. The molecule has 17 heteroatoms. The molecule has 17 nitrogen and oxygen atoms in total. The summed E-state index contributed by atoms with van der Waals surface area (Å²) in [5.41, 5.74) is -0.520. The molecule has 0 bridgehead atoms. The average molecular weight is 694 g/mol. The van der Waals surface area contributed by atoms with Gasteiger partial charge in [0.2, 0.25) is 0 Å². The van der Waals surface area contributed by atoms with Crippen molar-refractivity contribution in [3.63, 3.8) is 0 Å². The Morgan fingerprint density at radius 1 is 0.500 bits per heavy atom. The zero-order chi connectivity index (χ0) is 34.8. The monoisotopic (exact) mass is 693 g/mol. The fourth-order valence-electron chi connectivity index (χ4n) is 3.73. The van der Waals surface area contributed by atoms with Crippen molar-refractivity contribution in [1.82, 2.24) is 0 Å². The van der Waals surface area contributed by atoms with Gasteiger partial charge in [0, 0.05) is 19.2 Å². The molecule has 0 fully saturated rings. The third kappa shape index (κ3) is 26.4. The van der Waals surface area contributed by atoms with E-state index in [0.29, 0.717) is 125 Å². The van der Waals surface area contributed by atoms with E-state index < -0.39 is 9.85 Å². The van der Waals surface area contributed by atoms with Crippen molar-refractivity contribution in [1.29, 1.82) is 0 Å². The first-order valence-corrected chi connectivity index (χ1v) is 16.5. The maximum Gasteiger partial charge on any atom is 0.299 e. The molecular formula is C31H55N3O14. The van der Waals surface area contributed by atoms with E-state index in [1.54, 1.807) is 0 Å². The second-order valence-corrected chi connectivity index (χ2v) is 9.97. The number of non-ortho nitro benzene ring substituents is 1. The first-order valence-electron chi connectivity index (χ1n) is 16.5. The van der Waals surface area contributed by atoms with Crippen LogP contribution in [0.3, 0.4) is 0 Å². The Labute approximate surface area is 283 Å². The van der Waals surface area contributed by atoms with Gasteiger partial charge in [0.25, 0.3) is 11.4 Å². The van der Waals surface area contributed by atoms with Crippen LogP contribution in [0.4, 0.5) is 17.1 Å². The largest absolute Gasteiger partial charge is 0.379 e. The van der Waals surface area contributed by atoms with E-state index in [2.05, 4.69) is 12.2 Å². The second kappa shape index (κ2) is 32.9. The molecule has 0 atom stereocenters. The number of nitro benzene ring substituents is 2. The minimum atomic E-state index is -0.680. The molecule has 0 spiro atoms. The van der Waals surface area contributed by atoms with Crippen molar-refractivity contribution in [2.24, 2.45) is 0 Å². The minimum Gasteiger partial charge on any atom is -0.379 e. The van der Waals surface area contributed by atoms with E-state index in [-0.39, 0.29) is 23.7 Å². The molecule has 0 aliphatic heterocycles. The van der Waals surface area contributed by atoms with Gasteiger partial charge in [-0.1, -0.05) is 19.8 Å². The zero-order valence-corrected chi connectivity index (χ0v) is 28.3. The molecule has 278 valence electrons. The van der Waals surface area contributed by atoms with E-state index in [4.69, 9.17) is 47.4 Å². The quantitative estimate of drug-likeness (QED) is 0.0606. The number of hydrogen-bond acceptors (Lipinski definition) is 15. The highest BCUT2D eigenvalue weighted by Crippen LogP contribution is 2.28. The summed E-state index contributed by atoms with van der Waals surface area (Å²) >= 11 is 0. The summed E-state index contributed by atoms with van der Waals surface area (Å²) < 4.78 is 54.5. The van der Waals surface area contributed by atoms with Crippen LogP contribution in [0.1, 0.15) is 26.2 Å². The summed E-state index contributed by atoms with van der Waals surface area (Å²) in [6, 6.07) is 3.43. The van der Waals surface area contributed by atoms with Crippen molar-refractivity contribution in [3.05, 3.63) is 38.4 Å². The lowest BCUT2D eigenvalue weighted by molar-refractivity contribution is -0.393. The Hall–Kier alpha value is -2.58. The van der Waals surface area contributed by atoms with E-state index in [1.807, 2.05) is 0 Å². The van der Waals surface area contributed by atoms with Crippen molar-refractivity contribution < 1.29 is 57.2 Å². The van der Waals surface area contributed by atoms with Gasteiger partial charge in [0.05, 0.1) is 141 Å². The maximum absolute atomic E-state index is 11.1. The predicted octanol–water partition coefficient (Wildman–Crippen LogP) is 3.27. The fraction of sp³-hybridized carbons (Fsp3) is 0.806. The third-order valence-electron chi connectivity index (χ3n) is 6.19. The van der Waals surface area contributed by atoms with E-state index >= 15 is 0 Å². The summed E-state index contributed by atoms with van der Waals surface area (Å²) in [6.07, 6.45) is 3.51. The minimum absolute atomic E-state index is 0.188. The van der Waals surface area contributed by atoms with Crippen LogP contribution in [-0.4, -0.2) is 149 Å². The average Bonchev–Trinajstić information content (AvgIpc) is 3.08. The molecule has 0 saturated carbocycles. The zero-order valence-electron chi connectivity index (χ0n) is 28.3. The van der Waals surface area contributed by atoms with Gasteiger partial charge in [-0.3, -0.25) is 20.2 Å². The lowest BCUT2D eigenvalue weighted by Crippen LogP contribution is -2.16. The molecule has 1 aromatic rings. The van der Waals surface area contributed by atoms with Crippen molar-refractivity contribution in [2.75, 3.05) is 144 Å². The summed E-state index contributed by atoms with van der Waals surface area (Å²) in [5.74, 6) is 0. The number of nitro groups is 2. The summed E-state index contributed by atoms with van der Waals surface area (Å²) in [6.45, 7) is 12.2.